The van der Waals surface area contributed by atoms with Crippen LogP contribution in [-0.2, 0) is 16.1 Å². The molecule has 0 saturated carbocycles. The zero-order valence-electron chi connectivity index (χ0n) is 10.1. The van der Waals surface area contributed by atoms with E-state index in [9.17, 15) is 5.11 Å². The van der Waals surface area contributed by atoms with Gasteiger partial charge in [-0.2, -0.15) is 0 Å². The van der Waals surface area contributed by atoms with Gasteiger partial charge in [-0.05, 0) is 11.1 Å². The molecule has 0 fully saturated rings. The van der Waals surface area contributed by atoms with Gasteiger partial charge >= 0.3 is 0 Å². The number of nitrogens with one attached hydrogen (secondary N) is 1. The maximum Gasteiger partial charge on any atom is 0.0897 e. The number of aliphatic hydroxyl groups excluding tert-OH is 1. The molecule has 2 rings (SSSR count). The van der Waals surface area contributed by atoms with Crippen LogP contribution in [0, 0.1) is 0 Å². The van der Waals surface area contributed by atoms with Crippen molar-refractivity contribution in [2.45, 2.75) is 18.8 Å². The summed E-state index contributed by atoms with van der Waals surface area (Å²) in [7, 11) is 1.59. The van der Waals surface area contributed by atoms with E-state index in [0.717, 1.165) is 0 Å². The monoisotopic (exact) mass is 237 g/mol. The zero-order valence-corrected chi connectivity index (χ0v) is 10.1. The van der Waals surface area contributed by atoms with Gasteiger partial charge in [0.15, 0.2) is 0 Å². The van der Waals surface area contributed by atoms with Crippen LogP contribution in [0.25, 0.3) is 0 Å². The molecule has 1 heterocycles. The lowest BCUT2D eigenvalue weighted by Crippen LogP contribution is -2.36. The van der Waals surface area contributed by atoms with Crippen molar-refractivity contribution in [1.82, 2.24) is 5.32 Å². The van der Waals surface area contributed by atoms with E-state index in [2.05, 4.69) is 17.4 Å². The van der Waals surface area contributed by atoms with Crippen LogP contribution in [0.5, 0.6) is 0 Å². The molecule has 17 heavy (non-hydrogen) atoms. The molecule has 0 saturated heterocycles. The van der Waals surface area contributed by atoms with Crippen LogP contribution >= 0.6 is 0 Å². The molecule has 1 aliphatic rings. The van der Waals surface area contributed by atoms with Gasteiger partial charge < -0.3 is 19.9 Å². The highest BCUT2D eigenvalue weighted by Gasteiger charge is 2.20. The first-order valence-electron chi connectivity index (χ1n) is 5.87. The van der Waals surface area contributed by atoms with Gasteiger partial charge in [0.05, 0.1) is 32.0 Å². The van der Waals surface area contributed by atoms with Gasteiger partial charge in [0.2, 0.25) is 0 Å². The highest BCUT2D eigenvalue weighted by Crippen LogP contribution is 2.24. The van der Waals surface area contributed by atoms with Gasteiger partial charge in [0.1, 0.15) is 0 Å². The molecular formula is C13H19NO3. The van der Waals surface area contributed by atoms with Crippen LogP contribution in [0.15, 0.2) is 24.3 Å². The van der Waals surface area contributed by atoms with Crippen LogP contribution < -0.4 is 5.32 Å². The Morgan fingerprint density at radius 3 is 3.18 bits per heavy atom. The summed E-state index contributed by atoms with van der Waals surface area (Å²) in [6.45, 7) is 2.18. The maximum atomic E-state index is 9.60. The SMILES string of the molecule is COCC(O)CNC1COCc2ccccc21. The highest BCUT2D eigenvalue weighted by atomic mass is 16.5. The van der Waals surface area contributed by atoms with Gasteiger partial charge in [-0.3, -0.25) is 0 Å². The molecule has 94 valence electrons. The van der Waals surface area contributed by atoms with Crippen molar-refractivity contribution < 1.29 is 14.6 Å². The number of fused-ring (bicyclic) bond motifs is 1. The Bertz CT molecular complexity index is 356. The Morgan fingerprint density at radius 1 is 1.53 bits per heavy atom. The molecule has 1 aliphatic heterocycles. The Balaban J connectivity index is 1.94. The summed E-state index contributed by atoms with van der Waals surface area (Å²) in [5.74, 6) is 0. The van der Waals surface area contributed by atoms with Crippen molar-refractivity contribution in [1.29, 1.82) is 0 Å². The number of ether oxygens (including phenoxy) is 2. The third-order valence-corrected chi connectivity index (χ3v) is 2.93. The van der Waals surface area contributed by atoms with Crippen molar-refractivity contribution in [3.8, 4) is 0 Å². The minimum atomic E-state index is -0.478. The zero-order chi connectivity index (χ0) is 12.1. The molecule has 4 heteroatoms. The van der Waals surface area contributed by atoms with E-state index in [1.165, 1.54) is 11.1 Å². The van der Waals surface area contributed by atoms with Crippen LogP contribution in [0.3, 0.4) is 0 Å². The fourth-order valence-corrected chi connectivity index (χ4v) is 2.08. The number of hydrogen-bond donors (Lipinski definition) is 2. The average molecular weight is 237 g/mol. The molecule has 2 unspecified atom stereocenters. The lowest BCUT2D eigenvalue weighted by atomic mass is 9.99. The maximum absolute atomic E-state index is 9.60. The predicted octanol–water partition coefficient (Wildman–Crippen LogP) is 0.855. The van der Waals surface area contributed by atoms with Crippen molar-refractivity contribution in [3.05, 3.63) is 35.4 Å². The summed E-state index contributed by atoms with van der Waals surface area (Å²) in [4.78, 5) is 0. The first kappa shape index (κ1) is 12.5. The minimum Gasteiger partial charge on any atom is -0.389 e. The summed E-state index contributed by atoms with van der Waals surface area (Å²) >= 11 is 0. The number of methoxy groups -OCH3 is 1. The number of benzene rings is 1. The van der Waals surface area contributed by atoms with E-state index in [1.54, 1.807) is 7.11 Å². The molecule has 0 aliphatic carbocycles. The summed E-state index contributed by atoms with van der Waals surface area (Å²) in [6, 6.07) is 8.40. The topological polar surface area (TPSA) is 50.7 Å². The summed E-state index contributed by atoms with van der Waals surface area (Å²) < 4.78 is 10.4. The molecule has 1 aromatic rings. The third-order valence-electron chi connectivity index (χ3n) is 2.93. The summed E-state index contributed by atoms with van der Waals surface area (Å²) in [5.41, 5.74) is 2.49. The van der Waals surface area contributed by atoms with Gasteiger partial charge in [-0.25, -0.2) is 0 Å². The quantitative estimate of drug-likeness (QED) is 0.797. The van der Waals surface area contributed by atoms with E-state index in [-0.39, 0.29) is 6.04 Å². The lowest BCUT2D eigenvalue weighted by Gasteiger charge is -2.27. The Kier molecular flexibility index (Phi) is 4.50. The van der Waals surface area contributed by atoms with Crippen molar-refractivity contribution in [2.75, 3.05) is 26.9 Å². The largest absolute Gasteiger partial charge is 0.389 e. The second-order valence-corrected chi connectivity index (χ2v) is 4.28. The van der Waals surface area contributed by atoms with E-state index in [0.29, 0.717) is 26.4 Å². The highest BCUT2D eigenvalue weighted by molar-refractivity contribution is 5.31. The summed E-state index contributed by atoms with van der Waals surface area (Å²) in [5, 5.41) is 12.9. The molecule has 0 spiro atoms. The first-order chi connectivity index (χ1) is 8.31. The molecule has 0 amide bonds. The third kappa shape index (κ3) is 3.26. The summed E-state index contributed by atoms with van der Waals surface area (Å²) in [6.07, 6.45) is -0.478. The van der Waals surface area contributed by atoms with E-state index in [4.69, 9.17) is 9.47 Å². The Hall–Kier alpha value is -0.940. The van der Waals surface area contributed by atoms with Gasteiger partial charge in [-0.1, -0.05) is 24.3 Å². The van der Waals surface area contributed by atoms with Gasteiger partial charge in [-0.15, -0.1) is 0 Å². The van der Waals surface area contributed by atoms with E-state index < -0.39 is 6.10 Å². The lowest BCUT2D eigenvalue weighted by molar-refractivity contribution is 0.0495. The smallest absolute Gasteiger partial charge is 0.0897 e. The fraction of sp³-hybridized carbons (Fsp3) is 0.538. The van der Waals surface area contributed by atoms with Gasteiger partial charge in [0.25, 0.3) is 0 Å². The molecular weight excluding hydrogens is 218 g/mol. The number of rotatable bonds is 5. The van der Waals surface area contributed by atoms with E-state index in [1.807, 2.05) is 12.1 Å². The molecule has 4 nitrogen and oxygen atoms in total. The normalized spacial score (nSPS) is 20.9. The fourth-order valence-electron chi connectivity index (χ4n) is 2.08. The van der Waals surface area contributed by atoms with Crippen molar-refractivity contribution >= 4 is 0 Å². The van der Waals surface area contributed by atoms with Crippen molar-refractivity contribution in [3.63, 3.8) is 0 Å². The van der Waals surface area contributed by atoms with E-state index >= 15 is 0 Å². The Labute approximate surface area is 102 Å². The van der Waals surface area contributed by atoms with Crippen LogP contribution in [-0.4, -0.2) is 38.1 Å². The first-order valence-corrected chi connectivity index (χ1v) is 5.87. The van der Waals surface area contributed by atoms with Crippen LogP contribution in [0.4, 0.5) is 0 Å². The second kappa shape index (κ2) is 6.12. The molecule has 2 N–H and O–H groups in total. The standard InChI is InChI=1S/C13H19NO3/c1-16-8-11(15)6-14-13-9-17-7-10-4-2-3-5-12(10)13/h2-5,11,13-15H,6-9H2,1H3. The average Bonchev–Trinajstić information content (AvgIpc) is 2.36. The van der Waals surface area contributed by atoms with Crippen LogP contribution in [0.2, 0.25) is 0 Å². The molecule has 1 aromatic carbocycles. The Morgan fingerprint density at radius 2 is 2.35 bits per heavy atom. The minimum absolute atomic E-state index is 0.159. The number of hydrogen-bond acceptors (Lipinski definition) is 4. The molecule has 2 atom stereocenters. The van der Waals surface area contributed by atoms with Crippen LogP contribution in [0.1, 0.15) is 17.2 Å². The number of aliphatic hydroxyl groups is 1. The van der Waals surface area contributed by atoms with Crippen molar-refractivity contribution in [2.24, 2.45) is 0 Å². The van der Waals surface area contributed by atoms with Gasteiger partial charge in [0, 0.05) is 13.7 Å². The predicted molar refractivity (Wildman–Crippen MR) is 64.7 cm³/mol. The second-order valence-electron chi connectivity index (χ2n) is 4.28. The molecule has 0 radical (unpaired) electrons. The molecule has 0 bridgehead atoms. The molecule has 0 aromatic heterocycles.